The van der Waals surface area contributed by atoms with E-state index in [1.165, 1.54) is 6.07 Å². The third-order valence-electron chi connectivity index (χ3n) is 6.24. The molecule has 1 aliphatic heterocycles. The van der Waals surface area contributed by atoms with Crippen molar-refractivity contribution in [2.75, 3.05) is 39.8 Å². The van der Waals surface area contributed by atoms with Crippen LogP contribution >= 0.6 is 0 Å². The summed E-state index contributed by atoms with van der Waals surface area (Å²) in [6, 6.07) is 20.1. The Bertz CT molecular complexity index is 1240. The Morgan fingerprint density at radius 3 is 2.44 bits per heavy atom. The number of hydrogen-bond acceptors (Lipinski definition) is 5. The molecule has 1 aliphatic rings. The molecule has 0 N–H and O–H groups in total. The van der Waals surface area contributed by atoms with Crippen LogP contribution in [-0.4, -0.2) is 55.5 Å². The largest absolute Gasteiger partial charge is 0.497 e. The van der Waals surface area contributed by atoms with E-state index in [1.54, 1.807) is 24.1 Å². The molecule has 8 heteroatoms. The first-order valence-electron chi connectivity index (χ1n) is 11.7. The summed E-state index contributed by atoms with van der Waals surface area (Å²) in [5.74, 6) is -1.26. The molecule has 0 unspecified atom stereocenters. The summed E-state index contributed by atoms with van der Waals surface area (Å²) >= 11 is 0. The van der Waals surface area contributed by atoms with Crippen LogP contribution in [-0.2, 0) is 11.3 Å². The van der Waals surface area contributed by atoms with Crippen molar-refractivity contribution >= 4 is 5.91 Å². The van der Waals surface area contributed by atoms with E-state index in [-0.39, 0.29) is 11.7 Å². The molecule has 0 aliphatic carbocycles. The minimum Gasteiger partial charge on any atom is -0.497 e. The predicted molar refractivity (Wildman–Crippen MR) is 130 cm³/mol. The number of nitriles is 1. The third kappa shape index (κ3) is 6.25. The lowest BCUT2D eigenvalue weighted by molar-refractivity contribution is 0.00329. The van der Waals surface area contributed by atoms with E-state index in [4.69, 9.17) is 14.7 Å². The van der Waals surface area contributed by atoms with Crippen LogP contribution in [0.5, 0.6) is 5.75 Å². The maximum absolute atomic E-state index is 14.1. The van der Waals surface area contributed by atoms with E-state index in [0.717, 1.165) is 29.0 Å². The number of carbonyl (C=O) groups excluding carboxylic acids is 1. The van der Waals surface area contributed by atoms with Crippen molar-refractivity contribution in [3.63, 3.8) is 0 Å². The van der Waals surface area contributed by atoms with Crippen molar-refractivity contribution in [2.24, 2.45) is 0 Å². The number of nitrogens with zero attached hydrogens (tertiary/aromatic N) is 3. The lowest BCUT2D eigenvalue weighted by Gasteiger charge is -2.36. The number of methoxy groups -OCH3 is 1. The highest BCUT2D eigenvalue weighted by Crippen LogP contribution is 2.25. The predicted octanol–water partition coefficient (Wildman–Crippen LogP) is 4.56. The van der Waals surface area contributed by atoms with Gasteiger partial charge in [0.15, 0.2) is 0 Å². The van der Waals surface area contributed by atoms with Crippen molar-refractivity contribution in [3.8, 4) is 11.8 Å². The van der Waals surface area contributed by atoms with Crippen molar-refractivity contribution in [2.45, 2.75) is 12.7 Å². The van der Waals surface area contributed by atoms with E-state index >= 15 is 0 Å². The van der Waals surface area contributed by atoms with Crippen molar-refractivity contribution in [3.05, 3.63) is 101 Å². The van der Waals surface area contributed by atoms with Gasteiger partial charge in [-0.1, -0.05) is 24.3 Å². The summed E-state index contributed by atoms with van der Waals surface area (Å²) in [4.78, 5) is 16.5. The average molecular weight is 492 g/mol. The van der Waals surface area contributed by atoms with E-state index < -0.39 is 17.5 Å². The molecule has 6 nitrogen and oxygen atoms in total. The number of carbonyl (C=O) groups is 1. The van der Waals surface area contributed by atoms with Gasteiger partial charge >= 0.3 is 0 Å². The molecule has 0 aromatic heterocycles. The minimum atomic E-state index is -0.850. The van der Waals surface area contributed by atoms with E-state index in [1.807, 2.05) is 36.4 Å². The molecule has 0 radical (unpaired) electrons. The smallest absolute Gasteiger partial charge is 0.256 e. The highest BCUT2D eigenvalue weighted by Gasteiger charge is 2.26. The molecule has 1 amide bonds. The lowest BCUT2D eigenvalue weighted by Crippen LogP contribution is -2.49. The first-order chi connectivity index (χ1) is 17.5. The summed E-state index contributed by atoms with van der Waals surface area (Å²) in [5.41, 5.74) is 2.40. The Labute approximate surface area is 209 Å². The van der Waals surface area contributed by atoms with E-state index in [0.29, 0.717) is 44.9 Å². The normalized spacial score (nSPS) is 14.8. The molecule has 0 saturated carbocycles. The number of amides is 1. The fourth-order valence-electron chi connectivity index (χ4n) is 4.17. The van der Waals surface area contributed by atoms with E-state index in [2.05, 4.69) is 11.0 Å². The number of rotatable bonds is 8. The molecule has 0 bridgehead atoms. The van der Waals surface area contributed by atoms with Gasteiger partial charge in [-0.3, -0.25) is 9.69 Å². The van der Waals surface area contributed by atoms with Gasteiger partial charge < -0.3 is 14.4 Å². The Hall–Kier alpha value is -3.80. The third-order valence-corrected chi connectivity index (χ3v) is 6.24. The highest BCUT2D eigenvalue weighted by atomic mass is 19.1. The molecule has 3 aromatic carbocycles. The molecule has 3 aromatic rings. The zero-order valence-corrected chi connectivity index (χ0v) is 20.0. The zero-order chi connectivity index (χ0) is 25.5. The molecular formula is C28H27F2N3O3. The molecule has 1 saturated heterocycles. The monoisotopic (exact) mass is 491 g/mol. The van der Waals surface area contributed by atoms with Crippen molar-refractivity contribution < 1.29 is 23.0 Å². The molecule has 1 fully saturated rings. The van der Waals surface area contributed by atoms with Crippen molar-refractivity contribution in [1.82, 2.24) is 9.80 Å². The van der Waals surface area contributed by atoms with Crippen LogP contribution in [0.3, 0.4) is 0 Å². The number of benzene rings is 3. The van der Waals surface area contributed by atoms with Crippen LogP contribution in [0.1, 0.15) is 33.2 Å². The average Bonchev–Trinajstić information content (AvgIpc) is 2.91. The van der Waals surface area contributed by atoms with Gasteiger partial charge in [0, 0.05) is 38.8 Å². The standard InChI is InChI=1S/C28H27F2N3O3/c1-35-24-4-2-3-22(15-24)27(36-19-21-7-5-20(17-31)6-8-21)18-32-11-13-33(14-12-32)28(34)25-10-9-23(29)16-26(25)30/h2-10,15-16,27H,11-14,18-19H2,1H3/t27-/m0/s1. The van der Waals surface area contributed by atoms with Gasteiger partial charge in [-0.2, -0.15) is 5.26 Å². The second-order valence-electron chi connectivity index (χ2n) is 8.60. The molecule has 1 heterocycles. The molecular weight excluding hydrogens is 464 g/mol. The Balaban J connectivity index is 1.41. The molecule has 186 valence electrons. The zero-order valence-electron chi connectivity index (χ0n) is 20.0. The summed E-state index contributed by atoms with van der Waals surface area (Å²) in [7, 11) is 1.62. The highest BCUT2D eigenvalue weighted by molar-refractivity contribution is 5.94. The molecule has 0 spiro atoms. The maximum Gasteiger partial charge on any atom is 0.256 e. The van der Waals surface area contributed by atoms with Crippen LogP contribution in [0, 0.1) is 23.0 Å². The Morgan fingerprint density at radius 1 is 1.03 bits per heavy atom. The Morgan fingerprint density at radius 2 is 1.78 bits per heavy atom. The fourth-order valence-corrected chi connectivity index (χ4v) is 4.17. The summed E-state index contributed by atoms with van der Waals surface area (Å²) in [5, 5.41) is 9.01. The van der Waals surface area contributed by atoms with Crippen molar-refractivity contribution in [1.29, 1.82) is 5.26 Å². The first kappa shape index (κ1) is 25.3. The minimum absolute atomic E-state index is 0.121. The number of ether oxygens (including phenoxy) is 2. The second kappa shape index (κ2) is 11.8. The topological polar surface area (TPSA) is 65.8 Å². The summed E-state index contributed by atoms with van der Waals surface area (Å²) < 4.78 is 39.0. The molecule has 36 heavy (non-hydrogen) atoms. The Kier molecular flexibility index (Phi) is 8.26. The van der Waals surface area contributed by atoms with Gasteiger partial charge in [0.1, 0.15) is 17.4 Å². The van der Waals surface area contributed by atoms with Gasteiger partial charge in [0.05, 0.1) is 37.0 Å². The number of halogens is 2. The fraction of sp³-hybridized carbons (Fsp3) is 0.286. The SMILES string of the molecule is COc1cccc([C@H](CN2CCN(C(=O)c3ccc(F)cc3F)CC2)OCc2ccc(C#N)cc2)c1. The van der Waals surface area contributed by atoms with Crippen LogP contribution in [0.2, 0.25) is 0 Å². The van der Waals surface area contributed by atoms with Crippen LogP contribution in [0.25, 0.3) is 0 Å². The van der Waals surface area contributed by atoms with Crippen LogP contribution in [0.4, 0.5) is 8.78 Å². The summed E-state index contributed by atoms with van der Waals surface area (Å²) in [6.07, 6.45) is -0.257. The number of piperazine rings is 1. The van der Waals surface area contributed by atoms with Gasteiger partial charge in [-0.05, 0) is 47.5 Å². The second-order valence-corrected chi connectivity index (χ2v) is 8.60. The van der Waals surface area contributed by atoms with Crippen LogP contribution in [0.15, 0.2) is 66.7 Å². The molecule has 1 atom stereocenters. The van der Waals surface area contributed by atoms with Gasteiger partial charge in [-0.15, -0.1) is 0 Å². The lowest BCUT2D eigenvalue weighted by atomic mass is 10.1. The number of hydrogen-bond donors (Lipinski definition) is 0. The van der Waals surface area contributed by atoms with Gasteiger partial charge in [0.2, 0.25) is 0 Å². The van der Waals surface area contributed by atoms with Crippen LogP contribution < -0.4 is 4.74 Å². The van der Waals surface area contributed by atoms with Gasteiger partial charge in [0.25, 0.3) is 5.91 Å². The first-order valence-corrected chi connectivity index (χ1v) is 11.7. The summed E-state index contributed by atoms with van der Waals surface area (Å²) in [6.45, 7) is 3.00. The maximum atomic E-state index is 14.1. The molecule has 4 rings (SSSR count). The quantitative estimate of drug-likeness (QED) is 0.462. The van der Waals surface area contributed by atoms with Gasteiger partial charge in [-0.25, -0.2) is 8.78 Å². The van der Waals surface area contributed by atoms with E-state index in [9.17, 15) is 13.6 Å².